The Morgan fingerprint density at radius 1 is 1.20 bits per heavy atom. The molecule has 1 aromatic carbocycles. The number of piperazine rings is 1. The van der Waals surface area contributed by atoms with Crippen LogP contribution in [0.4, 0.5) is 5.69 Å². The van der Waals surface area contributed by atoms with Crippen molar-refractivity contribution in [2.24, 2.45) is 0 Å². The maximum absolute atomic E-state index is 11.9. The summed E-state index contributed by atoms with van der Waals surface area (Å²) in [5.41, 5.74) is 2.13. The van der Waals surface area contributed by atoms with Crippen LogP contribution >= 0.6 is 0 Å². The lowest BCUT2D eigenvalue weighted by molar-refractivity contribution is -0.121. The molecule has 1 aliphatic rings. The summed E-state index contributed by atoms with van der Waals surface area (Å²) >= 11 is 0. The van der Waals surface area contributed by atoms with Crippen molar-refractivity contribution in [2.45, 2.75) is 26.3 Å². The van der Waals surface area contributed by atoms with Crippen LogP contribution in [0, 0.1) is 6.92 Å². The van der Waals surface area contributed by atoms with Gasteiger partial charge in [-0.1, -0.05) is 23.4 Å². The Morgan fingerprint density at radius 2 is 1.96 bits per heavy atom. The standard InChI is InChI=1S/C19H26N4O2/c1-16-14-18(25-21-16)15-20-19(24)8-5-9-22-10-12-23(13-11-22)17-6-3-2-4-7-17/h2-4,6-7,14H,5,8-13,15H2,1H3,(H,20,24). The summed E-state index contributed by atoms with van der Waals surface area (Å²) in [7, 11) is 0. The second kappa shape index (κ2) is 8.67. The smallest absolute Gasteiger partial charge is 0.220 e. The Bertz CT molecular complexity index is 663. The maximum atomic E-state index is 11.9. The van der Waals surface area contributed by atoms with Crippen molar-refractivity contribution in [3.8, 4) is 0 Å². The number of carbonyl (C=O) groups excluding carboxylic acids is 1. The van der Waals surface area contributed by atoms with Gasteiger partial charge in [-0.15, -0.1) is 0 Å². The fourth-order valence-corrected chi connectivity index (χ4v) is 3.11. The van der Waals surface area contributed by atoms with Crippen LogP contribution in [0.3, 0.4) is 0 Å². The van der Waals surface area contributed by atoms with Crippen LogP contribution < -0.4 is 10.2 Å². The van der Waals surface area contributed by atoms with Gasteiger partial charge in [-0.25, -0.2) is 0 Å². The number of benzene rings is 1. The zero-order valence-electron chi connectivity index (χ0n) is 14.8. The quantitative estimate of drug-likeness (QED) is 0.836. The zero-order chi connectivity index (χ0) is 17.5. The largest absolute Gasteiger partial charge is 0.369 e. The second-order valence-corrected chi connectivity index (χ2v) is 6.48. The van der Waals surface area contributed by atoms with Gasteiger partial charge in [-0.2, -0.15) is 0 Å². The van der Waals surface area contributed by atoms with Crippen LogP contribution in [0.1, 0.15) is 24.3 Å². The minimum atomic E-state index is 0.0666. The zero-order valence-corrected chi connectivity index (χ0v) is 14.8. The van der Waals surface area contributed by atoms with E-state index in [1.54, 1.807) is 0 Å². The Hall–Kier alpha value is -2.34. The Morgan fingerprint density at radius 3 is 2.64 bits per heavy atom. The first kappa shape index (κ1) is 17.5. The topological polar surface area (TPSA) is 61.6 Å². The Labute approximate surface area is 148 Å². The molecule has 6 nitrogen and oxygen atoms in total. The number of para-hydroxylation sites is 1. The molecule has 0 atom stereocenters. The van der Waals surface area contributed by atoms with E-state index >= 15 is 0 Å². The summed E-state index contributed by atoms with van der Waals surface area (Å²) in [6.45, 7) is 7.43. The molecule has 134 valence electrons. The van der Waals surface area contributed by atoms with E-state index in [0.29, 0.717) is 18.7 Å². The first-order valence-electron chi connectivity index (χ1n) is 8.92. The van der Waals surface area contributed by atoms with Crippen LogP contribution in [0.2, 0.25) is 0 Å². The Kier molecular flexibility index (Phi) is 6.06. The minimum Gasteiger partial charge on any atom is -0.369 e. The summed E-state index contributed by atoms with van der Waals surface area (Å²) < 4.78 is 5.08. The van der Waals surface area contributed by atoms with Gasteiger partial charge in [0.25, 0.3) is 0 Å². The highest BCUT2D eigenvalue weighted by molar-refractivity contribution is 5.75. The SMILES string of the molecule is Cc1cc(CNC(=O)CCCN2CCN(c3ccccc3)CC2)on1. The van der Waals surface area contributed by atoms with E-state index in [4.69, 9.17) is 4.52 Å². The molecule has 1 fully saturated rings. The van der Waals surface area contributed by atoms with Crippen molar-refractivity contribution < 1.29 is 9.32 Å². The van der Waals surface area contributed by atoms with Crippen LogP contribution in [0.25, 0.3) is 0 Å². The highest BCUT2D eigenvalue weighted by atomic mass is 16.5. The molecule has 0 spiro atoms. The highest BCUT2D eigenvalue weighted by Gasteiger charge is 2.16. The van der Waals surface area contributed by atoms with E-state index in [2.05, 4.69) is 44.5 Å². The number of rotatable bonds is 7. The normalized spacial score (nSPS) is 15.3. The molecule has 2 aromatic rings. The predicted molar refractivity (Wildman–Crippen MR) is 97.4 cm³/mol. The average molecular weight is 342 g/mol. The minimum absolute atomic E-state index is 0.0666. The maximum Gasteiger partial charge on any atom is 0.220 e. The molecule has 0 unspecified atom stereocenters. The van der Waals surface area contributed by atoms with Gasteiger partial charge < -0.3 is 14.7 Å². The van der Waals surface area contributed by atoms with Gasteiger partial charge in [-0.3, -0.25) is 9.69 Å². The van der Waals surface area contributed by atoms with Gasteiger partial charge in [0, 0.05) is 44.4 Å². The molecule has 1 aliphatic heterocycles. The highest BCUT2D eigenvalue weighted by Crippen LogP contribution is 2.15. The molecule has 1 saturated heterocycles. The first-order chi connectivity index (χ1) is 12.2. The number of carbonyl (C=O) groups is 1. The van der Waals surface area contributed by atoms with E-state index in [1.165, 1.54) is 5.69 Å². The number of nitrogens with zero attached hydrogens (tertiary/aromatic N) is 3. The van der Waals surface area contributed by atoms with Crippen LogP contribution in [-0.4, -0.2) is 48.7 Å². The monoisotopic (exact) mass is 342 g/mol. The summed E-state index contributed by atoms with van der Waals surface area (Å²) in [6.07, 6.45) is 1.43. The van der Waals surface area contributed by atoms with Gasteiger partial charge in [0.15, 0.2) is 5.76 Å². The van der Waals surface area contributed by atoms with E-state index in [9.17, 15) is 4.79 Å². The van der Waals surface area contributed by atoms with Crippen LogP contribution in [-0.2, 0) is 11.3 Å². The third kappa shape index (κ3) is 5.32. The lowest BCUT2D eigenvalue weighted by atomic mass is 10.2. The molecule has 3 rings (SSSR count). The summed E-state index contributed by atoms with van der Waals surface area (Å²) in [6, 6.07) is 12.4. The molecular formula is C19H26N4O2. The molecule has 0 aliphatic carbocycles. The second-order valence-electron chi connectivity index (χ2n) is 6.48. The number of aromatic nitrogens is 1. The van der Waals surface area contributed by atoms with Crippen molar-refractivity contribution in [3.05, 3.63) is 47.9 Å². The number of hydrogen-bond acceptors (Lipinski definition) is 5. The van der Waals surface area contributed by atoms with Gasteiger partial charge in [0.2, 0.25) is 5.91 Å². The molecule has 25 heavy (non-hydrogen) atoms. The summed E-state index contributed by atoms with van der Waals surface area (Å²) in [4.78, 5) is 16.8. The fraction of sp³-hybridized carbons (Fsp3) is 0.474. The fourth-order valence-electron chi connectivity index (χ4n) is 3.11. The van der Waals surface area contributed by atoms with Crippen molar-refractivity contribution in [2.75, 3.05) is 37.6 Å². The van der Waals surface area contributed by atoms with Crippen molar-refractivity contribution in [3.63, 3.8) is 0 Å². The predicted octanol–water partition coefficient (Wildman–Crippen LogP) is 2.20. The molecule has 6 heteroatoms. The van der Waals surface area contributed by atoms with E-state index in [1.807, 2.05) is 19.1 Å². The van der Waals surface area contributed by atoms with Gasteiger partial charge in [-0.05, 0) is 32.0 Å². The van der Waals surface area contributed by atoms with Crippen LogP contribution in [0.5, 0.6) is 0 Å². The number of hydrogen-bond donors (Lipinski definition) is 1. The molecule has 2 heterocycles. The van der Waals surface area contributed by atoms with E-state index < -0.39 is 0 Å². The number of anilines is 1. The van der Waals surface area contributed by atoms with Crippen LogP contribution in [0.15, 0.2) is 40.9 Å². The van der Waals surface area contributed by atoms with Gasteiger partial charge in [0.05, 0.1) is 12.2 Å². The average Bonchev–Trinajstić information content (AvgIpc) is 3.07. The molecule has 0 bridgehead atoms. The molecular weight excluding hydrogens is 316 g/mol. The molecule has 0 radical (unpaired) electrons. The lowest BCUT2D eigenvalue weighted by Gasteiger charge is -2.36. The van der Waals surface area contributed by atoms with Gasteiger partial charge >= 0.3 is 0 Å². The van der Waals surface area contributed by atoms with Gasteiger partial charge in [0.1, 0.15) is 0 Å². The Balaban J connectivity index is 1.30. The third-order valence-corrected chi connectivity index (χ3v) is 4.51. The van der Waals surface area contributed by atoms with E-state index in [0.717, 1.165) is 44.8 Å². The van der Waals surface area contributed by atoms with Crippen molar-refractivity contribution in [1.29, 1.82) is 0 Å². The molecule has 1 amide bonds. The van der Waals surface area contributed by atoms with Crippen molar-refractivity contribution in [1.82, 2.24) is 15.4 Å². The summed E-state index contributed by atoms with van der Waals surface area (Å²) in [5, 5.41) is 6.69. The lowest BCUT2D eigenvalue weighted by Crippen LogP contribution is -2.46. The number of aryl methyl sites for hydroxylation is 1. The molecule has 0 saturated carbocycles. The first-order valence-corrected chi connectivity index (χ1v) is 8.92. The summed E-state index contributed by atoms with van der Waals surface area (Å²) in [5.74, 6) is 0.764. The molecule has 1 N–H and O–H groups in total. The molecule has 1 aromatic heterocycles. The van der Waals surface area contributed by atoms with E-state index in [-0.39, 0.29) is 5.91 Å². The number of amides is 1. The van der Waals surface area contributed by atoms with Crippen molar-refractivity contribution >= 4 is 11.6 Å². The number of nitrogens with one attached hydrogen (secondary N) is 1. The third-order valence-electron chi connectivity index (χ3n) is 4.51.